The molecule has 2 aliphatic rings. The van der Waals surface area contributed by atoms with Gasteiger partial charge in [-0.25, -0.2) is 9.78 Å². The lowest BCUT2D eigenvalue weighted by molar-refractivity contribution is 0.0579. The molecule has 0 aliphatic carbocycles. The number of fused-ring (bicyclic) bond motifs is 5. The lowest BCUT2D eigenvalue weighted by Crippen LogP contribution is -2.51. The number of rotatable bonds is 2. The summed E-state index contributed by atoms with van der Waals surface area (Å²) in [5.41, 5.74) is 8.35. The second-order valence-corrected chi connectivity index (χ2v) is 9.53. The molecule has 0 spiro atoms. The van der Waals surface area contributed by atoms with Crippen LogP contribution in [0.2, 0.25) is 0 Å². The molecule has 2 aliphatic heterocycles. The van der Waals surface area contributed by atoms with Gasteiger partial charge in [0, 0.05) is 12.1 Å². The largest absolute Gasteiger partial charge is 0.444 e. The van der Waals surface area contributed by atoms with E-state index in [1.54, 1.807) is 12.1 Å². The third-order valence-corrected chi connectivity index (χ3v) is 6.12. The molecule has 0 radical (unpaired) electrons. The quantitative estimate of drug-likeness (QED) is 0.592. The lowest BCUT2D eigenvalue weighted by atomic mass is 9.97. The molecule has 158 valence electrons. The second kappa shape index (κ2) is 6.85. The lowest BCUT2D eigenvalue weighted by Gasteiger charge is -2.43. The smallest absolute Gasteiger partial charge is 0.413 e. The molecule has 9 nitrogen and oxygen atoms in total. The van der Waals surface area contributed by atoms with Gasteiger partial charge in [0.15, 0.2) is 10.7 Å². The zero-order chi connectivity index (χ0) is 21.0. The predicted octanol–water partition coefficient (Wildman–Crippen LogP) is 3.72. The fourth-order valence-electron chi connectivity index (χ4n) is 3.86. The van der Waals surface area contributed by atoms with Crippen molar-refractivity contribution in [2.75, 3.05) is 29.2 Å². The molecule has 3 N–H and O–H groups in total. The monoisotopic (exact) mass is 429 g/mol. The maximum absolute atomic E-state index is 12.1. The van der Waals surface area contributed by atoms with Crippen LogP contribution in [0.4, 0.5) is 21.6 Å². The summed E-state index contributed by atoms with van der Waals surface area (Å²) < 4.78 is 17.2. The summed E-state index contributed by atoms with van der Waals surface area (Å²) in [4.78, 5) is 24.7. The van der Waals surface area contributed by atoms with Crippen LogP contribution in [0.25, 0.3) is 11.1 Å². The number of morpholine rings is 1. The number of hydrogen-bond acceptors (Lipinski definition) is 9. The van der Waals surface area contributed by atoms with Crippen LogP contribution in [-0.4, -0.2) is 40.9 Å². The van der Waals surface area contributed by atoms with E-state index in [2.05, 4.69) is 20.2 Å². The summed E-state index contributed by atoms with van der Waals surface area (Å²) in [7, 11) is 0. The molecule has 0 saturated carbocycles. The Kier molecular flexibility index (Phi) is 4.37. The number of nitrogens with one attached hydrogen (secondary N) is 1. The van der Waals surface area contributed by atoms with Crippen molar-refractivity contribution in [1.29, 1.82) is 0 Å². The molecule has 1 aromatic carbocycles. The molecule has 1 fully saturated rings. The first-order chi connectivity index (χ1) is 14.3. The maximum atomic E-state index is 12.1. The first kappa shape index (κ1) is 19.1. The number of carbonyl (C=O) groups excluding carboxylic acids is 1. The number of nitrogens with two attached hydrogens (primary N) is 1. The Morgan fingerprint density at radius 1 is 1.33 bits per heavy atom. The number of thiazole rings is 1. The number of benzene rings is 1. The van der Waals surface area contributed by atoms with Crippen molar-refractivity contribution >= 4 is 45.4 Å². The Morgan fingerprint density at radius 2 is 2.17 bits per heavy atom. The Morgan fingerprint density at radius 3 is 2.97 bits per heavy atom. The fourth-order valence-corrected chi connectivity index (χ4v) is 4.92. The summed E-state index contributed by atoms with van der Waals surface area (Å²) in [5.74, 6) is 0. The highest BCUT2D eigenvalue weighted by Crippen LogP contribution is 2.43. The molecule has 30 heavy (non-hydrogen) atoms. The number of nitrogens with zero attached hydrogens (tertiary/aromatic N) is 3. The first-order valence-electron chi connectivity index (χ1n) is 9.78. The van der Waals surface area contributed by atoms with Crippen molar-refractivity contribution in [3.63, 3.8) is 0 Å². The van der Waals surface area contributed by atoms with E-state index in [0.29, 0.717) is 42.1 Å². The van der Waals surface area contributed by atoms with E-state index in [-0.39, 0.29) is 12.1 Å². The van der Waals surface area contributed by atoms with E-state index in [0.717, 1.165) is 16.1 Å². The van der Waals surface area contributed by atoms with Gasteiger partial charge in [-0.05, 0) is 39.0 Å². The highest BCUT2D eigenvalue weighted by molar-refractivity contribution is 7.16. The average molecular weight is 430 g/mol. The summed E-state index contributed by atoms with van der Waals surface area (Å²) in [6.07, 6.45) is 0.167. The molecule has 3 aromatic rings. The molecule has 10 heteroatoms. The zero-order valence-corrected chi connectivity index (χ0v) is 17.8. The molecule has 4 heterocycles. The van der Waals surface area contributed by atoms with Crippen molar-refractivity contribution in [1.82, 2.24) is 9.97 Å². The average Bonchev–Trinajstić information content (AvgIpc) is 3.22. The number of aromatic nitrogens is 2. The Hall–Kier alpha value is -2.85. The molecule has 2 atom stereocenters. The van der Waals surface area contributed by atoms with Crippen LogP contribution in [0.3, 0.4) is 0 Å². The summed E-state index contributed by atoms with van der Waals surface area (Å²) in [5, 5.41) is 3.27. The van der Waals surface area contributed by atoms with Crippen molar-refractivity contribution in [2.24, 2.45) is 0 Å². The van der Waals surface area contributed by atoms with Crippen LogP contribution < -0.4 is 16.0 Å². The van der Waals surface area contributed by atoms with Gasteiger partial charge in [-0.1, -0.05) is 11.3 Å². The number of carbonyl (C=O) groups is 1. The van der Waals surface area contributed by atoms with Gasteiger partial charge in [-0.2, -0.15) is 4.98 Å². The highest BCUT2D eigenvalue weighted by Gasteiger charge is 2.43. The molecule has 1 saturated heterocycles. The maximum Gasteiger partial charge on any atom is 0.413 e. The van der Waals surface area contributed by atoms with Crippen LogP contribution >= 0.6 is 11.3 Å². The van der Waals surface area contributed by atoms with Crippen LogP contribution in [0.5, 0.6) is 0 Å². The molecular formula is C20H23N5O4S. The molecular weight excluding hydrogens is 406 g/mol. The van der Waals surface area contributed by atoms with E-state index in [1.807, 2.05) is 26.8 Å². The first-order valence-corrected chi connectivity index (χ1v) is 10.6. The van der Waals surface area contributed by atoms with E-state index < -0.39 is 11.7 Å². The van der Waals surface area contributed by atoms with Crippen LogP contribution in [0.1, 0.15) is 37.4 Å². The number of ether oxygens (including phenoxy) is 2. The van der Waals surface area contributed by atoms with Crippen LogP contribution in [0.15, 0.2) is 22.6 Å². The number of amides is 1. The molecule has 2 aromatic heterocycles. The Bertz CT molecular complexity index is 1120. The summed E-state index contributed by atoms with van der Waals surface area (Å²) in [6, 6.07) is 5.96. The van der Waals surface area contributed by atoms with Gasteiger partial charge >= 0.3 is 6.09 Å². The van der Waals surface area contributed by atoms with Gasteiger partial charge in [0.2, 0.25) is 0 Å². The van der Waals surface area contributed by atoms with E-state index in [4.69, 9.17) is 19.6 Å². The topological polar surface area (TPSA) is 116 Å². The van der Waals surface area contributed by atoms with Gasteiger partial charge < -0.3 is 24.5 Å². The molecule has 0 unspecified atom stereocenters. The van der Waals surface area contributed by atoms with Crippen LogP contribution in [0, 0.1) is 0 Å². The number of nitrogen functional groups attached to an aromatic ring is 1. The molecule has 2 bridgehead atoms. The number of hydrogen-bond donors (Lipinski definition) is 2. The van der Waals surface area contributed by atoms with Gasteiger partial charge in [0.25, 0.3) is 6.01 Å². The zero-order valence-electron chi connectivity index (χ0n) is 17.0. The number of anilines is 3. The Balaban J connectivity index is 1.45. The van der Waals surface area contributed by atoms with Crippen molar-refractivity contribution in [2.45, 2.75) is 44.9 Å². The third-order valence-electron chi connectivity index (χ3n) is 5.00. The predicted molar refractivity (Wildman–Crippen MR) is 114 cm³/mol. The molecule has 5 rings (SSSR count). The van der Waals surface area contributed by atoms with E-state index in [9.17, 15) is 4.79 Å². The Labute approximate surface area is 177 Å². The minimum absolute atomic E-state index is 0.0538. The van der Waals surface area contributed by atoms with Crippen molar-refractivity contribution in [3.05, 3.63) is 28.8 Å². The number of oxazole rings is 1. The van der Waals surface area contributed by atoms with Gasteiger partial charge in [-0.3, -0.25) is 5.32 Å². The third kappa shape index (κ3) is 3.46. The van der Waals surface area contributed by atoms with Gasteiger partial charge in [0.1, 0.15) is 11.1 Å². The SMILES string of the molecule is CC(C)(C)OC(=O)Nc1nc2c(s1)[C@@H]1COC[C@H](C2)N1c1nc2cc(N)ccc2o1. The normalized spacial score (nSPS) is 20.8. The van der Waals surface area contributed by atoms with Crippen molar-refractivity contribution < 1.29 is 18.7 Å². The van der Waals surface area contributed by atoms with Gasteiger partial charge in [0.05, 0.1) is 35.9 Å². The highest BCUT2D eigenvalue weighted by atomic mass is 32.1. The fraction of sp³-hybridized carbons (Fsp3) is 0.450. The van der Waals surface area contributed by atoms with Crippen molar-refractivity contribution in [3.8, 4) is 0 Å². The van der Waals surface area contributed by atoms with E-state index in [1.165, 1.54) is 11.3 Å². The minimum Gasteiger partial charge on any atom is -0.444 e. The van der Waals surface area contributed by atoms with E-state index >= 15 is 0 Å². The van der Waals surface area contributed by atoms with Crippen LogP contribution in [-0.2, 0) is 15.9 Å². The summed E-state index contributed by atoms with van der Waals surface area (Å²) in [6.45, 7) is 6.53. The van der Waals surface area contributed by atoms with Gasteiger partial charge in [-0.15, -0.1) is 0 Å². The standard InChI is InChI=1S/C20H23N5O4S/c1-20(2,3)29-19(26)24-17-22-13-7-11-8-27-9-14(16(13)30-17)25(11)18-23-12-6-10(21)4-5-15(12)28-18/h4-6,11,14H,7-9,21H2,1-3H3,(H,22,24,26)/t11-,14-/m0/s1. The second-order valence-electron chi connectivity index (χ2n) is 8.50. The minimum atomic E-state index is -0.571. The molecule has 1 amide bonds. The summed E-state index contributed by atoms with van der Waals surface area (Å²) >= 11 is 1.43.